The lowest BCUT2D eigenvalue weighted by atomic mass is 9.49. The van der Waals surface area contributed by atoms with Crippen molar-refractivity contribution in [3.05, 3.63) is 0 Å². The Bertz CT molecular complexity index is 172. The third-order valence-corrected chi connectivity index (χ3v) is 2.77. The number of hydrogen-bond acceptors (Lipinski definition) is 0. The zero-order valence-electron chi connectivity index (χ0n) is 7.36. The summed E-state index contributed by atoms with van der Waals surface area (Å²) in [6.07, 6.45) is 1.34. The van der Waals surface area contributed by atoms with Crippen LogP contribution >= 0.6 is 0 Å². The largest absolute Gasteiger partial charge is 0.103 e. The maximum absolute atomic E-state index is 2.48. The van der Waals surface area contributed by atoms with Crippen LogP contribution in [0.3, 0.4) is 0 Å². The van der Waals surface area contributed by atoms with Crippen molar-refractivity contribution >= 4 is 14.6 Å². The van der Waals surface area contributed by atoms with Crippen molar-refractivity contribution in [1.29, 1.82) is 0 Å². The summed E-state index contributed by atoms with van der Waals surface area (Å²) in [6.45, 7) is 9.29. The summed E-state index contributed by atoms with van der Waals surface area (Å²) in [7, 11) is 4.95. The maximum atomic E-state index is 2.48. The van der Waals surface area contributed by atoms with Crippen molar-refractivity contribution < 1.29 is 0 Å². The van der Waals surface area contributed by atoms with Crippen molar-refractivity contribution in [2.24, 2.45) is 5.41 Å². The first-order valence-corrected chi connectivity index (χ1v) is 4.11. The van der Waals surface area contributed by atoms with Crippen molar-refractivity contribution in [1.82, 2.24) is 0 Å². The lowest BCUT2D eigenvalue weighted by molar-refractivity contribution is 0.375. The van der Waals surface area contributed by atoms with E-state index in [1.165, 1.54) is 6.42 Å². The summed E-state index contributed by atoms with van der Waals surface area (Å²) in [5.74, 6) is 0. The third kappa shape index (κ3) is 0.773. The molecule has 0 N–H and O–H groups in total. The molecule has 2 heteroatoms. The molecule has 0 saturated carbocycles. The first kappa shape index (κ1) is 6.82. The topological polar surface area (TPSA) is 0 Å². The van der Waals surface area contributed by atoms with E-state index < -0.39 is 0 Å². The monoisotopic (exact) mass is 132 g/mol. The van der Waals surface area contributed by atoms with Gasteiger partial charge in [0.15, 0.2) is 0 Å². The molecule has 0 aromatic heterocycles. The molecular formula is C8H14B2. The highest BCUT2D eigenvalue weighted by molar-refractivity contribution is 7.04. The van der Waals surface area contributed by atoms with Gasteiger partial charge in [-0.1, -0.05) is 44.5 Å². The number of hydrogen-bond donors (Lipinski definition) is 0. The van der Waals surface area contributed by atoms with Gasteiger partial charge in [-0.15, -0.1) is 0 Å². The first-order valence-electron chi connectivity index (χ1n) is 4.11. The normalized spacial score (nSPS) is 48.8. The summed E-state index contributed by atoms with van der Waals surface area (Å²) in [6, 6.07) is 0. The van der Waals surface area contributed by atoms with Crippen LogP contribution in [-0.2, 0) is 0 Å². The third-order valence-electron chi connectivity index (χ3n) is 2.77. The molecule has 2 aliphatic rings. The minimum Gasteiger partial charge on any atom is -0.0942 e. The smallest absolute Gasteiger partial charge is 0.0942 e. The van der Waals surface area contributed by atoms with E-state index in [2.05, 4.69) is 42.3 Å². The second kappa shape index (κ2) is 1.35. The van der Waals surface area contributed by atoms with E-state index in [9.17, 15) is 0 Å². The van der Waals surface area contributed by atoms with Gasteiger partial charge < -0.3 is 0 Å². The Morgan fingerprint density at radius 2 is 1.60 bits per heavy atom. The van der Waals surface area contributed by atoms with Gasteiger partial charge in [-0.25, -0.2) is 0 Å². The summed E-state index contributed by atoms with van der Waals surface area (Å²) >= 11 is 0. The van der Waals surface area contributed by atoms with Crippen LogP contribution in [0.2, 0.25) is 10.4 Å². The molecule has 0 aromatic rings. The van der Waals surface area contributed by atoms with E-state index in [0.717, 1.165) is 0 Å². The molecule has 0 aliphatic carbocycles. The van der Waals surface area contributed by atoms with E-state index in [4.69, 9.17) is 0 Å². The minimum absolute atomic E-state index is 0.501. The Labute approximate surface area is 65.3 Å². The van der Waals surface area contributed by atoms with E-state index >= 15 is 0 Å². The molecule has 0 unspecified atom stereocenters. The zero-order valence-corrected chi connectivity index (χ0v) is 7.36. The first-order chi connectivity index (χ1) is 4.37. The van der Waals surface area contributed by atoms with Crippen molar-refractivity contribution in [2.45, 2.75) is 44.5 Å². The molecule has 2 radical (unpaired) electrons. The molecule has 2 saturated heterocycles. The maximum Gasteiger partial charge on any atom is 0.103 e. The molecule has 0 atom stereocenters. The predicted molar refractivity (Wildman–Crippen MR) is 46.6 cm³/mol. The molecule has 2 rings (SSSR count). The van der Waals surface area contributed by atoms with E-state index in [1.807, 2.05) is 0 Å². The molecule has 0 spiro atoms. The average molecular weight is 132 g/mol. The van der Waals surface area contributed by atoms with Gasteiger partial charge in [-0.3, -0.25) is 0 Å². The molecular weight excluding hydrogens is 118 g/mol. The number of rotatable bonds is 1. The summed E-state index contributed by atoms with van der Waals surface area (Å²) in [5, 5.41) is 1.16. The predicted octanol–water partition coefficient (Wildman–Crippen LogP) is 2.11. The van der Waals surface area contributed by atoms with Crippen molar-refractivity contribution in [2.75, 3.05) is 0 Å². The summed E-state index contributed by atoms with van der Waals surface area (Å²) in [5.41, 5.74) is 0.501. The van der Waals surface area contributed by atoms with Gasteiger partial charge in [-0.05, 0) is 5.41 Å². The molecule has 2 heterocycles. The summed E-state index contributed by atoms with van der Waals surface area (Å²) in [4.78, 5) is 0. The Kier molecular flexibility index (Phi) is 0.921. The van der Waals surface area contributed by atoms with Gasteiger partial charge in [-0.2, -0.15) is 0 Å². The molecule has 0 bridgehead atoms. The van der Waals surface area contributed by atoms with Crippen LogP contribution in [0.1, 0.15) is 34.1 Å². The van der Waals surface area contributed by atoms with Crippen LogP contribution in [0.4, 0.5) is 0 Å². The molecule has 52 valence electrons. The highest BCUT2D eigenvalue weighted by atomic mass is 14.6. The molecule has 0 aromatic carbocycles. The zero-order chi connectivity index (χ0) is 7.62. The Morgan fingerprint density at radius 1 is 1.20 bits per heavy atom. The van der Waals surface area contributed by atoms with Crippen LogP contribution < -0.4 is 0 Å². The summed E-state index contributed by atoms with van der Waals surface area (Å²) < 4.78 is 0. The van der Waals surface area contributed by atoms with Crippen LogP contribution in [0.15, 0.2) is 0 Å². The van der Waals surface area contributed by atoms with E-state index in [1.54, 1.807) is 0 Å². The lowest BCUT2D eigenvalue weighted by Crippen LogP contribution is -2.09. The Balaban J connectivity index is 1.95. The number of fused-ring (bicyclic) bond motifs is 1. The van der Waals surface area contributed by atoms with Gasteiger partial charge in [0.1, 0.15) is 14.6 Å². The highest BCUT2D eigenvalue weighted by Gasteiger charge is 2.79. The van der Waals surface area contributed by atoms with Crippen LogP contribution in [0, 0.1) is 5.41 Å². The van der Waals surface area contributed by atoms with Crippen molar-refractivity contribution in [3.8, 4) is 0 Å². The average Bonchev–Trinajstić information content (AvgIpc) is 2.15. The van der Waals surface area contributed by atoms with Gasteiger partial charge in [0.25, 0.3) is 0 Å². The van der Waals surface area contributed by atoms with Crippen LogP contribution in [-0.4, -0.2) is 14.6 Å². The standard InChI is InChI=1S/C8H14B2/c1-6(2,3)5-8-7(4,9-8)10-8/h5H2,1-4H3. The molecule has 0 amide bonds. The van der Waals surface area contributed by atoms with Crippen molar-refractivity contribution in [3.63, 3.8) is 0 Å². The van der Waals surface area contributed by atoms with Gasteiger partial charge in [0.05, 0.1) is 0 Å². The van der Waals surface area contributed by atoms with Crippen LogP contribution in [0.5, 0.6) is 0 Å². The fraction of sp³-hybridized carbons (Fsp3) is 1.00. The minimum atomic E-state index is 0.501. The quantitative estimate of drug-likeness (QED) is 0.479. The van der Waals surface area contributed by atoms with Gasteiger partial charge in [0.2, 0.25) is 0 Å². The molecule has 2 fully saturated rings. The fourth-order valence-electron chi connectivity index (χ4n) is 2.16. The molecule has 0 nitrogen and oxygen atoms in total. The van der Waals surface area contributed by atoms with E-state index in [0.29, 0.717) is 15.8 Å². The Hall–Kier alpha value is 0.130. The lowest BCUT2D eigenvalue weighted by Gasteiger charge is -2.20. The van der Waals surface area contributed by atoms with E-state index in [-0.39, 0.29) is 0 Å². The second-order valence-electron chi connectivity index (χ2n) is 5.35. The molecule has 2 aliphatic heterocycles. The molecule has 10 heavy (non-hydrogen) atoms. The SMILES string of the molecule is CC(C)(C)CC12[B]C1(C)[B]2. The van der Waals surface area contributed by atoms with Gasteiger partial charge in [0, 0.05) is 0 Å². The van der Waals surface area contributed by atoms with Gasteiger partial charge >= 0.3 is 0 Å². The Morgan fingerprint density at radius 3 is 1.70 bits per heavy atom. The fourth-order valence-corrected chi connectivity index (χ4v) is 2.16. The van der Waals surface area contributed by atoms with Crippen LogP contribution in [0.25, 0.3) is 0 Å². The highest BCUT2D eigenvalue weighted by Crippen LogP contribution is 2.87. The second-order valence-corrected chi connectivity index (χ2v) is 5.35.